The van der Waals surface area contributed by atoms with Gasteiger partial charge in [-0.1, -0.05) is 36.4 Å². The highest BCUT2D eigenvalue weighted by atomic mass is 16.5. The van der Waals surface area contributed by atoms with Crippen LogP contribution in [0.4, 0.5) is 11.4 Å². The third-order valence-electron chi connectivity index (χ3n) is 5.02. The minimum Gasteiger partial charge on any atom is -0.496 e. The number of carbonyl (C=O) groups excluding carboxylic acids is 1. The number of ether oxygens (including phenoxy) is 1. The van der Waals surface area contributed by atoms with Gasteiger partial charge in [0.15, 0.2) is 0 Å². The van der Waals surface area contributed by atoms with Crippen LogP contribution < -0.4 is 15.0 Å². The van der Waals surface area contributed by atoms with Crippen molar-refractivity contribution in [3.8, 4) is 5.75 Å². The molecule has 1 aromatic heterocycles. The minimum atomic E-state index is -0.0133. The first-order valence-electron chi connectivity index (χ1n) is 9.47. The van der Waals surface area contributed by atoms with Crippen molar-refractivity contribution < 1.29 is 9.53 Å². The van der Waals surface area contributed by atoms with E-state index in [1.807, 2.05) is 53.4 Å². The molecule has 2 aromatic carbocycles. The number of amides is 1. The summed E-state index contributed by atoms with van der Waals surface area (Å²) in [5.74, 6) is 0.820. The highest BCUT2D eigenvalue weighted by Crippen LogP contribution is 2.28. The van der Waals surface area contributed by atoms with Crippen LogP contribution in [-0.4, -0.2) is 24.5 Å². The fraction of sp³-hybridized carbons (Fsp3) is 0.217. The summed E-state index contributed by atoms with van der Waals surface area (Å²) in [6, 6.07) is 17.8. The van der Waals surface area contributed by atoms with E-state index in [2.05, 4.69) is 16.4 Å². The summed E-state index contributed by atoms with van der Waals surface area (Å²) < 4.78 is 5.39. The van der Waals surface area contributed by atoms with Crippen molar-refractivity contribution in [3.05, 3.63) is 83.7 Å². The topological polar surface area (TPSA) is 54.5 Å². The van der Waals surface area contributed by atoms with E-state index >= 15 is 0 Å². The van der Waals surface area contributed by atoms with Crippen molar-refractivity contribution in [1.82, 2.24) is 4.98 Å². The Labute approximate surface area is 165 Å². The van der Waals surface area contributed by atoms with E-state index in [-0.39, 0.29) is 5.91 Å². The van der Waals surface area contributed by atoms with E-state index in [1.165, 1.54) is 5.56 Å². The molecule has 28 heavy (non-hydrogen) atoms. The average molecular weight is 373 g/mol. The fourth-order valence-corrected chi connectivity index (χ4v) is 3.60. The lowest BCUT2D eigenvalue weighted by molar-refractivity contribution is 0.0985. The van der Waals surface area contributed by atoms with Crippen LogP contribution in [0.15, 0.2) is 67.0 Å². The quantitative estimate of drug-likeness (QED) is 0.725. The van der Waals surface area contributed by atoms with Gasteiger partial charge in [-0.05, 0) is 36.6 Å². The predicted octanol–water partition coefficient (Wildman–Crippen LogP) is 4.30. The monoisotopic (exact) mass is 373 g/mol. The standard InChI is InChI=1S/C23H23N3O2/c1-28-22-11-5-3-8-18(22)15-25-20-13-19(14-24-16-20)23(27)26-12-6-9-17-7-2-4-10-21(17)26/h2-5,7-8,10-11,13-14,16,25H,6,9,12,15H2,1H3. The molecule has 0 spiro atoms. The van der Waals surface area contributed by atoms with E-state index in [9.17, 15) is 4.79 Å². The van der Waals surface area contributed by atoms with E-state index < -0.39 is 0 Å². The Morgan fingerprint density at radius 2 is 1.96 bits per heavy atom. The van der Waals surface area contributed by atoms with E-state index in [1.54, 1.807) is 19.5 Å². The molecule has 1 amide bonds. The zero-order valence-electron chi connectivity index (χ0n) is 15.9. The van der Waals surface area contributed by atoms with Gasteiger partial charge in [-0.3, -0.25) is 9.78 Å². The van der Waals surface area contributed by atoms with Crippen LogP contribution in [0, 0.1) is 0 Å². The van der Waals surface area contributed by atoms with E-state index in [0.29, 0.717) is 12.1 Å². The number of hydrogen-bond acceptors (Lipinski definition) is 4. The number of carbonyl (C=O) groups is 1. The molecule has 1 aliphatic rings. The number of benzene rings is 2. The van der Waals surface area contributed by atoms with Gasteiger partial charge in [0, 0.05) is 36.7 Å². The van der Waals surface area contributed by atoms with Crippen LogP contribution in [0.3, 0.4) is 0 Å². The van der Waals surface area contributed by atoms with Crippen molar-refractivity contribution in [2.45, 2.75) is 19.4 Å². The molecule has 0 atom stereocenters. The molecule has 0 unspecified atom stereocenters. The maximum absolute atomic E-state index is 13.1. The second-order valence-corrected chi connectivity index (χ2v) is 6.82. The van der Waals surface area contributed by atoms with Crippen LogP contribution in [0.2, 0.25) is 0 Å². The Balaban J connectivity index is 1.52. The second kappa shape index (κ2) is 8.13. The number of aromatic nitrogens is 1. The third-order valence-corrected chi connectivity index (χ3v) is 5.02. The second-order valence-electron chi connectivity index (χ2n) is 6.82. The lowest BCUT2D eigenvalue weighted by atomic mass is 10.0. The Morgan fingerprint density at radius 3 is 2.86 bits per heavy atom. The fourth-order valence-electron chi connectivity index (χ4n) is 3.60. The number of rotatable bonds is 5. The van der Waals surface area contributed by atoms with Gasteiger partial charge in [0.1, 0.15) is 5.75 Å². The molecule has 3 aromatic rings. The van der Waals surface area contributed by atoms with Crippen LogP contribution in [-0.2, 0) is 13.0 Å². The molecule has 2 heterocycles. The summed E-state index contributed by atoms with van der Waals surface area (Å²) in [5.41, 5.74) is 4.67. The summed E-state index contributed by atoms with van der Waals surface area (Å²) in [7, 11) is 1.66. The van der Waals surface area contributed by atoms with Gasteiger partial charge in [0.25, 0.3) is 5.91 Å². The van der Waals surface area contributed by atoms with Gasteiger partial charge in [0.05, 0.1) is 18.4 Å². The number of methoxy groups -OCH3 is 1. The van der Waals surface area contributed by atoms with Crippen LogP contribution in [0.5, 0.6) is 5.75 Å². The number of aryl methyl sites for hydroxylation is 1. The normalized spacial score (nSPS) is 13.0. The minimum absolute atomic E-state index is 0.0133. The Morgan fingerprint density at radius 1 is 1.14 bits per heavy atom. The van der Waals surface area contributed by atoms with E-state index in [4.69, 9.17) is 4.74 Å². The summed E-state index contributed by atoms with van der Waals surface area (Å²) in [6.45, 7) is 1.32. The number of nitrogens with zero attached hydrogens (tertiary/aromatic N) is 2. The third kappa shape index (κ3) is 3.69. The van der Waals surface area contributed by atoms with E-state index in [0.717, 1.165) is 42.1 Å². The van der Waals surface area contributed by atoms with Crippen molar-refractivity contribution in [3.63, 3.8) is 0 Å². The van der Waals surface area contributed by atoms with Gasteiger partial charge in [-0.15, -0.1) is 0 Å². The highest BCUT2D eigenvalue weighted by molar-refractivity contribution is 6.07. The Bertz CT molecular complexity index is 987. The van der Waals surface area contributed by atoms with Gasteiger partial charge in [-0.2, -0.15) is 0 Å². The Kier molecular flexibility index (Phi) is 5.24. The summed E-state index contributed by atoms with van der Waals surface area (Å²) in [6.07, 6.45) is 5.35. The molecular weight excluding hydrogens is 350 g/mol. The summed E-state index contributed by atoms with van der Waals surface area (Å²) in [5, 5.41) is 3.34. The van der Waals surface area contributed by atoms with Gasteiger partial charge < -0.3 is 15.0 Å². The number of fused-ring (bicyclic) bond motifs is 1. The molecule has 0 saturated heterocycles. The zero-order chi connectivity index (χ0) is 19.3. The van der Waals surface area contributed by atoms with Crippen LogP contribution >= 0.6 is 0 Å². The number of pyridine rings is 1. The van der Waals surface area contributed by atoms with Gasteiger partial charge in [-0.25, -0.2) is 0 Å². The molecule has 0 fully saturated rings. The number of anilines is 2. The lowest BCUT2D eigenvalue weighted by Crippen LogP contribution is -2.35. The zero-order valence-corrected chi connectivity index (χ0v) is 15.9. The maximum atomic E-state index is 13.1. The molecule has 5 nitrogen and oxygen atoms in total. The Hall–Kier alpha value is -3.34. The molecule has 0 radical (unpaired) electrons. The molecule has 5 heteroatoms. The van der Waals surface area contributed by atoms with Crippen molar-refractivity contribution in [2.24, 2.45) is 0 Å². The average Bonchev–Trinajstić information content (AvgIpc) is 2.77. The predicted molar refractivity (Wildman–Crippen MR) is 111 cm³/mol. The van der Waals surface area contributed by atoms with Gasteiger partial charge >= 0.3 is 0 Å². The first-order chi connectivity index (χ1) is 13.8. The molecule has 0 saturated carbocycles. The van der Waals surface area contributed by atoms with Crippen molar-refractivity contribution in [1.29, 1.82) is 0 Å². The van der Waals surface area contributed by atoms with Gasteiger partial charge in [0.2, 0.25) is 0 Å². The first-order valence-corrected chi connectivity index (χ1v) is 9.47. The molecule has 142 valence electrons. The number of hydrogen-bond donors (Lipinski definition) is 1. The molecule has 0 bridgehead atoms. The molecular formula is C23H23N3O2. The molecule has 1 N–H and O–H groups in total. The molecule has 0 aliphatic carbocycles. The largest absolute Gasteiger partial charge is 0.496 e. The number of para-hydroxylation sites is 2. The highest BCUT2D eigenvalue weighted by Gasteiger charge is 2.23. The molecule has 1 aliphatic heterocycles. The summed E-state index contributed by atoms with van der Waals surface area (Å²) in [4.78, 5) is 19.3. The van der Waals surface area contributed by atoms with Crippen molar-refractivity contribution in [2.75, 3.05) is 23.9 Å². The molecule has 4 rings (SSSR count). The summed E-state index contributed by atoms with van der Waals surface area (Å²) >= 11 is 0. The SMILES string of the molecule is COc1ccccc1CNc1cncc(C(=O)N2CCCc3ccccc32)c1. The van der Waals surface area contributed by atoms with Crippen LogP contribution in [0.25, 0.3) is 0 Å². The smallest absolute Gasteiger partial charge is 0.259 e. The lowest BCUT2D eigenvalue weighted by Gasteiger charge is -2.29. The number of nitrogens with one attached hydrogen (secondary N) is 1. The first kappa shape index (κ1) is 18.0. The maximum Gasteiger partial charge on any atom is 0.259 e. The van der Waals surface area contributed by atoms with Crippen molar-refractivity contribution >= 4 is 17.3 Å². The van der Waals surface area contributed by atoms with Crippen LogP contribution in [0.1, 0.15) is 27.9 Å².